The van der Waals surface area contributed by atoms with Crippen molar-refractivity contribution >= 4 is 5.78 Å². The lowest BCUT2D eigenvalue weighted by molar-refractivity contribution is -0.118. The maximum atomic E-state index is 11.8. The summed E-state index contributed by atoms with van der Waals surface area (Å²) in [5.41, 5.74) is 1.56. The molecule has 0 saturated heterocycles. The van der Waals surface area contributed by atoms with E-state index in [9.17, 15) is 4.79 Å². The third-order valence-corrected chi connectivity index (χ3v) is 3.88. The number of hydrogen-bond acceptors (Lipinski definition) is 2. The monoisotopic (exact) mass is 207 g/mol. The van der Waals surface area contributed by atoms with Crippen LogP contribution in [0, 0.1) is 5.41 Å². The van der Waals surface area contributed by atoms with Crippen molar-refractivity contribution in [2.45, 2.75) is 44.9 Å². The lowest BCUT2D eigenvalue weighted by Gasteiger charge is -2.34. The first-order valence-electron chi connectivity index (χ1n) is 6.02. The predicted octanol–water partition coefficient (Wildman–Crippen LogP) is 2.75. The van der Waals surface area contributed by atoms with Crippen LogP contribution in [0.4, 0.5) is 0 Å². The van der Waals surface area contributed by atoms with Gasteiger partial charge in [0.15, 0.2) is 5.78 Å². The van der Waals surface area contributed by atoms with Gasteiger partial charge in [0.1, 0.15) is 0 Å². The van der Waals surface area contributed by atoms with Crippen LogP contribution in [0.2, 0.25) is 0 Å². The van der Waals surface area contributed by atoms with E-state index in [1.165, 1.54) is 25.7 Å². The molecule has 2 heteroatoms. The van der Waals surface area contributed by atoms with E-state index in [1.807, 2.05) is 25.2 Å². The fourth-order valence-electron chi connectivity index (χ4n) is 3.11. The second-order valence-electron chi connectivity index (χ2n) is 5.43. The predicted molar refractivity (Wildman–Crippen MR) is 61.5 cm³/mol. The Labute approximate surface area is 92.3 Å². The molecule has 0 bridgehead atoms. The van der Waals surface area contributed by atoms with Gasteiger partial charge in [-0.2, -0.15) is 0 Å². The number of carbonyl (C=O) groups is 1. The summed E-state index contributed by atoms with van der Waals surface area (Å²) >= 11 is 0. The number of allylic oxidation sites excluding steroid dienone is 1. The van der Waals surface area contributed by atoms with Gasteiger partial charge in [0.05, 0.1) is 0 Å². The summed E-state index contributed by atoms with van der Waals surface area (Å²) in [6.07, 6.45) is 10.4. The summed E-state index contributed by atoms with van der Waals surface area (Å²) in [5.74, 6) is 0.376. The summed E-state index contributed by atoms with van der Waals surface area (Å²) in [6.45, 7) is 0. The van der Waals surface area contributed by atoms with E-state index in [0.29, 0.717) is 11.2 Å². The van der Waals surface area contributed by atoms with Crippen LogP contribution >= 0.6 is 0 Å². The Kier molecular flexibility index (Phi) is 2.85. The molecular formula is C13H21NO. The Hall–Kier alpha value is -0.790. The molecule has 0 aromatic carbocycles. The van der Waals surface area contributed by atoms with Crippen molar-refractivity contribution in [2.75, 3.05) is 14.1 Å². The van der Waals surface area contributed by atoms with E-state index in [-0.39, 0.29) is 0 Å². The van der Waals surface area contributed by atoms with E-state index in [4.69, 9.17) is 0 Å². The molecule has 0 amide bonds. The molecule has 2 rings (SSSR count). The van der Waals surface area contributed by atoms with Gasteiger partial charge in [0.2, 0.25) is 0 Å². The molecule has 2 aliphatic carbocycles. The number of ketones is 1. The maximum absolute atomic E-state index is 11.8. The Bertz CT molecular complexity index is 285. The molecule has 0 aromatic rings. The number of rotatable bonds is 1. The normalized spacial score (nSPS) is 27.6. The molecule has 2 nitrogen and oxygen atoms in total. The largest absolute Gasteiger partial charge is 0.383 e. The summed E-state index contributed by atoms with van der Waals surface area (Å²) < 4.78 is 0. The average Bonchev–Trinajstić information content (AvgIpc) is 2.60. The van der Waals surface area contributed by atoms with Gasteiger partial charge in [0.25, 0.3) is 0 Å². The van der Waals surface area contributed by atoms with Crippen molar-refractivity contribution in [1.29, 1.82) is 0 Å². The molecule has 0 aromatic heterocycles. The van der Waals surface area contributed by atoms with E-state index < -0.39 is 0 Å². The Morgan fingerprint density at radius 2 is 1.87 bits per heavy atom. The van der Waals surface area contributed by atoms with Crippen molar-refractivity contribution < 1.29 is 4.79 Å². The zero-order valence-corrected chi connectivity index (χ0v) is 9.88. The number of hydrogen-bond donors (Lipinski definition) is 0. The third kappa shape index (κ3) is 2.24. The van der Waals surface area contributed by atoms with E-state index in [0.717, 1.165) is 24.8 Å². The Morgan fingerprint density at radius 3 is 2.47 bits per heavy atom. The molecular weight excluding hydrogens is 186 g/mol. The van der Waals surface area contributed by atoms with Gasteiger partial charge in [-0.15, -0.1) is 0 Å². The van der Waals surface area contributed by atoms with Crippen molar-refractivity contribution in [2.24, 2.45) is 5.41 Å². The van der Waals surface area contributed by atoms with Gasteiger partial charge in [-0.3, -0.25) is 4.79 Å². The minimum Gasteiger partial charge on any atom is -0.383 e. The Morgan fingerprint density at radius 1 is 1.20 bits per heavy atom. The van der Waals surface area contributed by atoms with Crippen LogP contribution in [0.5, 0.6) is 0 Å². The Balaban J connectivity index is 2.13. The molecule has 0 aliphatic heterocycles. The van der Waals surface area contributed by atoms with Gasteiger partial charge in [-0.1, -0.05) is 12.8 Å². The van der Waals surface area contributed by atoms with Crippen molar-refractivity contribution in [1.82, 2.24) is 4.90 Å². The van der Waals surface area contributed by atoms with Crippen molar-refractivity contribution in [3.8, 4) is 0 Å². The molecule has 15 heavy (non-hydrogen) atoms. The van der Waals surface area contributed by atoms with Crippen LogP contribution in [0.1, 0.15) is 44.9 Å². The maximum Gasteiger partial charge on any atom is 0.160 e. The fourth-order valence-corrected chi connectivity index (χ4v) is 3.11. The zero-order chi connectivity index (χ0) is 10.9. The second kappa shape index (κ2) is 3.99. The van der Waals surface area contributed by atoms with Gasteiger partial charge in [-0.05, 0) is 31.1 Å². The van der Waals surface area contributed by atoms with Crippen LogP contribution in [0.3, 0.4) is 0 Å². The first kappa shape index (κ1) is 10.7. The molecule has 0 heterocycles. The third-order valence-electron chi connectivity index (χ3n) is 3.88. The summed E-state index contributed by atoms with van der Waals surface area (Å²) in [4.78, 5) is 13.8. The number of Topliss-reactive ketones (excluding diaryl/α,β-unsaturated/α-hetero) is 1. The van der Waals surface area contributed by atoms with Gasteiger partial charge in [-0.25, -0.2) is 0 Å². The molecule has 84 valence electrons. The van der Waals surface area contributed by atoms with Crippen LogP contribution in [0.15, 0.2) is 11.8 Å². The second-order valence-corrected chi connectivity index (χ2v) is 5.43. The summed E-state index contributed by atoms with van der Waals surface area (Å²) in [6, 6.07) is 0. The number of nitrogens with zero attached hydrogens (tertiary/aromatic N) is 1. The zero-order valence-electron chi connectivity index (χ0n) is 9.88. The molecule has 1 spiro atoms. The molecule has 2 saturated carbocycles. The van der Waals surface area contributed by atoms with Crippen LogP contribution in [0.25, 0.3) is 0 Å². The van der Waals surface area contributed by atoms with Crippen molar-refractivity contribution in [3.05, 3.63) is 11.8 Å². The molecule has 0 radical (unpaired) electrons. The molecule has 0 N–H and O–H groups in total. The summed E-state index contributed by atoms with van der Waals surface area (Å²) in [7, 11) is 3.99. The van der Waals surface area contributed by atoms with Gasteiger partial charge in [0, 0.05) is 32.3 Å². The quantitative estimate of drug-likeness (QED) is 0.616. The lowest BCUT2D eigenvalue weighted by atomic mass is 9.70. The molecule has 2 fully saturated rings. The highest BCUT2D eigenvalue weighted by Gasteiger charge is 2.39. The standard InChI is InChI=1S/C13H21NO/c1-14(2)10-11-9-13(6-3-4-7-13)8-5-12(11)15/h10H,3-9H2,1-2H3/b11-10+. The lowest BCUT2D eigenvalue weighted by Crippen LogP contribution is -2.27. The van der Waals surface area contributed by atoms with Crippen LogP contribution in [-0.2, 0) is 4.79 Å². The molecule has 0 atom stereocenters. The van der Waals surface area contributed by atoms with Gasteiger partial charge < -0.3 is 4.90 Å². The average molecular weight is 207 g/mol. The minimum absolute atomic E-state index is 0.376. The highest BCUT2D eigenvalue weighted by atomic mass is 16.1. The highest BCUT2D eigenvalue weighted by Crippen LogP contribution is 2.49. The highest BCUT2D eigenvalue weighted by molar-refractivity contribution is 5.96. The van der Waals surface area contributed by atoms with E-state index in [2.05, 4.69) is 0 Å². The molecule has 2 aliphatic rings. The van der Waals surface area contributed by atoms with Crippen LogP contribution in [-0.4, -0.2) is 24.8 Å². The first-order chi connectivity index (χ1) is 7.11. The SMILES string of the molecule is CN(C)/C=C1\CC2(CCCC2)CCC1=O. The van der Waals surface area contributed by atoms with Crippen LogP contribution < -0.4 is 0 Å². The van der Waals surface area contributed by atoms with E-state index >= 15 is 0 Å². The summed E-state index contributed by atoms with van der Waals surface area (Å²) in [5, 5.41) is 0. The van der Waals surface area contributed by atoms with Gasteiger partial charge >= 0.3 is 0 Å². The van der Waals surface area contributed by atoms with E-state index in [1.54, 1.807) is 0 Å². The number of carbonyl (C=O) groups excluding carboxylic acids is 1. The fraction of sp³-hybridized carbons (Fsp3) is 0.769. The topological polar surface area (TPSA) is 20.3 Å². The molecule has 0 unspecified atom stereocenters. The first-order valence-corrected chi connectivity index (χ1v) is 6.02. The smallest absolute Gasteiger partial charge is 0.160 e. The minimum atomic E-state index is 0.376. The van der Waals surface area contributed by atoms with Crippen molar-refractivity contribution in [3.63, 3.8) is 0 Å².